The largest absolute Gasteiger partial charge is 0.489 e. The quantitative estimate of drug-likeness (QED) is 0.921. The Morgan fingerprint density at radius 3 is 2.78 bits per heavy atom. The molecule has 0 saturated heterocycles. The molecule has 18 heavy (non-hydrogen) atoms. The number of benzene rings is 1. The van der Waals surface area contributed by atoms with E-state index in [9.17, 15) is 0 Å². The highest BCUT2D eigenvalue weighted by Crippen LogP contribution is 2.22. The Hall–Kier alpha value is -1.58. The van der Waals surface area contributed by atoms with Gasteiger partial charge in [-0.05, 0) is 36.2 Å². The number of ether oxygens (including phenoxy) is 1. The molecule has 0 saturated carbocycles. The molecule has 1 heterocycles. The van der Waals surface area contributed by atoms with E-state index < -0.39 is 0 Å². The zero-order valence-corrected chi connectivity index (χ0v) is 10.9. The summed E-state index contributed by atoms with van der Waals surface area (Å²) in [4.78, 5) is 4.12. The molecule has 0 amide bonds. The first-order valence-corrected chi connectivity index (χ1v) is 6.08. The van der Waals surface area contributed by atoms with Crippen LogP contribution in [0.1, 0.15) is 16.7 Å². The van der Waals surface area contributed by atoms with Crippen molar-refractivity contribution >= 4 is 11.6 Å². The van der Waals surface area contributed by atoms with Gasteiger partial charge in [0.2, 0.25) is 0 Å². The second kappa shape index (κ2) is 5.85. The van der Waals surface area contributed by atoms with Crippen molar-refractivity contribution < 1.29 is 4.74 Å². The van der Waals surface area contributed by atoms with E-state index in [4.69, 9.17) is 22.1 Å². The molecule has 3 nitrogen and oxygen atoms in total. The summed E-state index contributed by atoms with van der Waals surface area (Å²) in [6, 6.07) is 7.58. The molecule has 0 atom stereocenters. The average Bonchev–Trinajstić information content (AvgIpc) is 2.37. The van der Waals surface area contributed by atoms with Crippen LogP contribution in [0.4, 0.5) is 0 Å². The van der Waals surface area contributed by atoms with E-state index in [1.54, 1.807) is 12.3 Å². The summed E-state index contributed by atoms with van der Waals surface area (Å²) in [5.74, 6) is 0.735. The number of aryl methyl sites for hydroxylation is 1. The molecule has 94 valence electrons. The maximum atomic E-state index is 6.06. The van der Waals surface area contributed by atoms with Crippen LogP contribution in [-0.4, -0.2) is 4.98 Å². The maximum absolute atomic E-state index is 6.06. The van der Waals surface area contributed by atoms with E-state index in [0.717, 1.165) is 22.4 Å². The van der Waals surface area contributed by atoms with Gasteiger partial charge in [-0.15, -0.1) is 0 Å². The van der Waals surface area contributed by atoms with Crippen LogP contribution < -0.4 is 10.5 Å². The summed E-state index contributed by atoms with van der Waals surface area (Å²) in [6.45, 7) is 2.91. The molecule has 1 aromatic carbocycles. The van der Waals surface area contributed by atoms with Crippen molar-refractivity contribution in [3.05, 3.63) is 58.4 Å². The second-order valence-corrected chi connectivity index (χ2v) is 4.52. The molecule has 0 aliphatic heterocycles. The van der Waals surface area contributed by atoms with Crippen molar-refractivity contribution in [1.29, 1.82) is 0 Å². The molecule has 0 unspecified atom stereocenters. The number of hydrogen-bond donors (Lipinski definition) is 1. The van der Waals surface area contributed by atoms with Crippen LogP contribution in [0.5, 0.6) is 5.75 Å². The van der Waals surface area contributed by atoms with Gasteiger partial charge in [0.1, 0.15) is 12.4 Å². The summed E-state index contributed by atoms with van der Waals surface area (Å²) in [5, 5.41) is 0.636. The summed E-state index contributed by atoms with van der Waals surface area (Å²) < 4.78 is 5.66. The number of rotatable bonds is 4. The second-order valence-electron chi connectivity index (χ2n) is 4.12. The third-order valence-electron chi connectivity index (χ3n) is 2.58. The lowest BCUT2D eigenvalue weighted by atomic mass is 10.2. The van der Waals surface area contributed by atoms with Gasteiger partial charge in [0.15, 0.2) is 0 Å². The molecular weight excluding hydrogens is 248 g/mol. The summed E-state index contributed by atoms with van der Waals surface area (Å²) in [5.41, 5.74) is 8.62. The van der Waals surface area contributed by atoms with Crippen LogP contribution in [0.2, 0.25) is 5.02 Å². The van der Waals surface area contributed by atoms with E-state index in [1.807, 2.05) is 31.3 Å². The van der Waals surface area contributed by atoms with Crippen molar-refractivity contribution in [3.63, 3.8) is 0 Å². The summed E-state index contributed by atoms with van der Waals surface area (Å²) in [7, 11) is 0. The van der Waals surface area contributed by atoms with Gasteiger partial charge in [-0.3, -0.25) is 4.98 Å². The highest BCUT2D eigenvalue weighted by molar-refractivity contribution is 6.31. The zero-order valence-electron chi connectivity index (χ0n) is 10.2. The smallest absolute Gasteiger partial charge is 0.121 e. The minimum Gasteiger partial charge on any atom is -0.489 e. The molecule has 0 spiro atoms. The van der Waals surface area contributed by atoms with Gasteiger partial charge < -0.3 is 10.5 Å². The predicted molar refractivity (Wildman–Crippen MR) is 72.6 cm³/mol. The fourth-order valence-corrected chi connectivity index (χ4v) is 1.89. The molecule has 1 aromatic heterocycles. The first-order valence-electron chi connectivity index (χ1n) is 5.71. The van der Waals surface area contributed by atoms with Crippen molar-refractivity contribution in [2.75, 3.05) is 0 Å². The Morgan fingerprint density at radius 1 is 1.28 bits per heavy atom. The lowest BCUT2D eigenvalue weighted by Crippen LogP contribution is -1.99. The van der Waals surface area contributed by atoms with Gasteiger partial charge in [0.25, 0.3) is 0 Å². The van der Waals surface area contributed by atoms with E-state index in [2.05, 4.69) is 4.98 Å². The van der Waals surface area contributed by atoms with Crippen LogP contribution in [0, 0.1) is 6.92 Å². The predicted octanol–water partition coefficient (Wildman–Crippen LogP) is 3.08. The van der Waals surface area contributed by atoms with Gasteiger partial charge >= 0.3 is 0 Å². The number of pyridine rings is 1. The van der Waals surface area contributed by atoms with Crippen LogP contribution in [-0.2, 0) is 13.2 Å². The van der Waals surface area contributed by atoms with Crippen LogP contribution in [0.15, 0.2) is 36.7 Å². The number of halogens is 1. The highest BCUT2D eigenvalue weighted by atomic mass is 35.5. The van der Waals surface area contributed by atoms with Crippen LogP contribution >= 0.6 is 11.6 Å². The number of nitrogens with two attached hydrogens (primary N) is 1. The standard InChI is InChI=1S/C14H15ClN2O/c1-10-4-11(8-17-7-10)9-18-13-3-2-12(6-16)14(15)5-13/h2-5,7-8H,6,9,16H2,1H3. The minimum absolute atomic E-state index is 0.431. The van der Waals surface area contributed by atoms with Gasteiger partial charge in [-0.1, -0.05) is 17.7 Å². The zero-order chi connectivity index (χ0) is 13.0. The lowest BCUT2D eigenvalue weighted by Gasteiger charge is -2.08. The van der Waals surface area contributed by atoms with E-state index >= 15 is 0 Å². The molecule has 2 aromatic rings. The minimum atomic E-state index is 0.431. The monoisotopic (exact) mass is 262 g/mol. The van der Waals surface area contributed by atoms with Crippen molar-refractivity contribution in [1.82, 2.24) is 4.98 Å². The average molecular weight is 263 g/mol. The van der Waals surface area contributed by atoms with E-state index in [1.165, 1.54) is 0 Å². The Kier molecular flexibility index (Phi) is 4.18. The molecule has 0 bridgehead atoms. The van der Waals surface area contributed by atoms with E-state index in [0.29, 0.717) is 18.2 Å². The van der Waals surface area contributed by atoms with Crippen LogP contribution in [0.3, 0.4) is 0 Å². The fraction of sp³-hybridized carbons (Fsp3) is 0.214. The van der Waals surface area contributed by atoms with Crippen molar-refractivity contribution in [2.45, 2.75) is 20.1 Å². The number of hydrogen-bond acceptors (Lipinski definition) is 3. The first-order chi connectivity index (χ1) is 8.69. The maximum Gasteiger partial charge on any atom is 0.121 e. The Balaban J connectivity index is 2.04. The van der Waals surface area contributed by atoms with Crippen molar-refractivity contribution in [2.24, 2.45) is 5.73 Å². The first kappa shape index (κ1) is 12.9. The Morgan fingerprint density at radius 2 is 2.11 bits per heavy atom. The summed E-state index contributed by atoms with van der Waals surface area (Å²) in [6.07, 6.45) is 3.61. The normalized spacial score (nSPS) is 10.4. The van der Waals surface area contributed by atoms with E-state index in [-0.39, 0.29) is 0 Å². The number of aromatic nitrogens is 1. The van der Waals surface area contributed by atoms with Crippen LogP contribution in [0.25, 0.3) is 0 Å². The lowest BCUT2D eigenvalue weighted by molar-refractivity contribution is 0.305. The molecular formula is C14H15ClN2O. The third-order valence-corrected chi connectivity index (χ3v) is 2.93. The molecule has 0 aliphatic carbocycles. The Bertz CT molecular complexity index is 543. The molecule has 4 heteroatoms. The molecule has 2 rings (SSSR count). The van der Waals surface area contributed by atoms with Gasteiger partial charge in [0, 0.05) is 29.5 Å². The summed E-state index contributed by atoms with van der Waals surface area (Å²) >= 11 is 6.06. The molecule has 2 N–H and O–H groups in total. The molecule has 0 fully saturated rings. The molecule has 0 radical (unpaired) electrons. The van der Waals surface area contributed by atoms with Crippen molar-refractivity contribution in [3.8, 4) is 5.75 Å². The molecule has 0 aliphatic rings. The number of nitrogens with zero attached hydrogens (tertiary/aromatic N) is 1. The van der Waals surface area contributed by atoms with Gasteiger partial charge in [0.05, 0.1) is 0 Å². The topological polar surface area (TPSA) is 48.1 Å². The van der Waals surface area contributed by atoms with Gasteiger partial charge in [-0.25, -0.2) is 0 Å². The third kappa shape index (κ3) is 3.22. The van der Waals surface area contributed by atoms with Gasteiger partial charge in [-0.2, -0.15) is 0 Å². The SMILES string of the molecule is Cc1cncc(COc2ccc(CN)c(Cl)c2)c1. The Labute approximate surface area is 112 Å². The highest BCUT2D eigenvalue weighted by Gasteiger charge is 2.02. The fourth-order valence-electron chi connectivity index (χ4n) is 1.65.